The highest BCUT2D eigenvalue weighted by Crippen LogP contribution is 2.25. The molecule has 2 unspecified atom stereocenters. The summed E-state index contributed by atoms with van der Waals surface area (Å²) in [5, 5.41) is 6.04. The van der Waals surface area contributed by atoms with Crippen molar-refractivity contribution < 1.29 is 42.9 Å². The molecule has 2 aromatic carbocycles. The molecule has 2 amide bonds. The molecule has 0 saturated heterocycles. The molecule has 0 aromatic heterocycles. The van der Waals surface area contributed by atoms with Gasteiger partial charge in [-0.05, 0) is 83.0 Å². The van der Waals surface area contributed by atoms with Gasteiger partial charge in [-0.3, -0.25) is 4.79 Å². The number of hydrogen-bond acceptors (Lipinski definition) is 9. The van der Waals surface area contributed by atoms with Gasteiger partial charge in [0.1, 0.15) is 17.5 Å². The Balaban J connectivity index is 1.92. The topological polar surface area (TPSA) is 138 Å². The quantitative estimate of drug-likeness (QED) is 0.129. The zero-order valence-corrected chi connectivity index (χ0v) is 29.8. The number of hydrogen-bond donors (Lipinski definition) is 2. The van der Waals surface area contributed by atoms with Crippen LogP contribution in [-0.4, -0.2) is 60.8 Å². The van der Waals surface area contributed by atoms with Crippen LogP contribution in [0.2, 0.25) is 5.02 Å². The van der Waals surface area contributed by atoms with Crippen LogP contribution in [0.1, 0.15) is 85.2 Å². The van der Waals surface area contributed by atoms with Crippen LogP contribution >= 0.6 is 11.6 Å². The van der Waals surface area contributed by atoms with E-state index in [4.69, 9.17) is 35.3 Å². The molecule has 2 N–H and O–H groups in total. The van der Waals surface area contributed by atoms with E-state index in [0.717, 1.165) is 5.56 Å². The molecule has 12 heteroatoms. The number of halogens is 1. The first kappa shape index (κ1) is 39.2. The fraction of sp³-hybridized carbons (Fsp3) is 0.543. The van der Waals surface area contributed by atoms with Gasteiger partial charge in [0, 0.05) is 28.5 Å². The van der Waals surface area contributed by atoms with Crippen molar-refractivity contribution in [2.45, 2.75) is 99.3 Å². The third-order valence-corrected chi connectivity index (χ3v) is 6.86. The third-order valence-electron chi connectivity index (χ3n) is 6.61. The van der Waals surface area contributed by atoms with Crippen LogP contribution in [0.15, 0.2) is 48.5 Å². The van der Waals surface area contributed by atoms with Crippen molar-refractivity contribution >= 4 is 35.7 Å². The van der Waals surface area contributed by atoms with E-state index in [1.165, 1.54) is 0 Å². The van der Waals surface area contributed by atoms with Crippen molar-refractivity contribution in [1.82, 2.24) is 10.6 Å². The van der Waals surface area contributed by atoms with Crippen LogP contribution in [0.3, 0.4) is 0 Å². The van der Waals surface area contributed by atoms with Gasteiger partial charge in [-0.25, -0.2) is 14.4 Å². The number of esters is 1. The van der Waals surface area contributed by atoms with Crippen molar-refractivity contribution in [2.24, 2.45) is 11.3 Å². The SMILES string of the molecule is CC(C)C(OC(=O)OC(CNC(=O)OC(C)(C)C)C(C)(C)C)OC(=O)C(C)(C)Oc1ccc(CCNC(=O)c2ccc(Cl)cc2)cc1. The van der Waals surface area contributed by atoms with Gasteiger partial charge in [-0.15, -0.1) is 0 Å². The zero-order chi connectivity index (χ0) is 35.6. The fourth-order valence-corrected chi connectivity index (χ4v) is 4.01. The number of ether oxygens (including phenoxy) is 5. The van der Waals surface area contributed by atoms with E-state index in [0.29, 0.717) is 29.3 Å². The minimum atomic E-state index is -1.43. The van der Waals surface area contributed by atoms with E-state index in [9.17, 15) is 19.2 Å². The second kappa shape index (κ2) is 16.7. The summed E-state index contributed by atoms with van der Waals surface area (Å²) >= 11 is 5.88. The molecule has 2 rings (SSSR count). The Kier molecular flexibility index (Phi) is 13.9. The minimum absolute atomic E-state index is 0.0165. The van der Waals surface area contributed by atoms with Crippen LogP contribution in [0, 0.1) is 11.3 Å². The molecule has 0 bridgehead atoms. The summed E-state index contributed by atoms with van der Waals surface area (Å²) < 4.78 is 27.7. The second-order valence-corrected chi connectivity index (χ2v) is 14.4. The van der Waals surface area contributed by atoms with Crippen LogP contribution < -0.4 is 15.4 Å². The van der Waals surface area contributed by atoms with E-state index >= 15 is 0 Å². The molecule has 0 radical (unpaired) electrons. The van der Waals surface area contributed by atoms with Gasteiger partial charge in [0.15, 0.2) is 5.60 Å². The predicted octanol–water partition coefficient (Wildman–Crippen LogP) is 7.09. The fourth-order valence-electron chi connectivity index (χ4n) is 3.88. The first-order valence-electron chi connectivity index (χ1n) is 15.5. The minimum Gasteiger partial charge on any atom is -0.476 e. The largest absolute Gasteiger partial charge is 0.511 e. The van der Waals surface area contributed by atoms with Gasteiger partial charge in [-0.2, -0.15) is 0 Å². The molecule has 0 aliphatic carbocycles. The van der Waals surface area contributed by atoms with Crippen LogP contribution in [0.4, 0.5) is 9.59 Å². The van der Waals surface area contributed by atoms with Gasteiger partial charge in [0.25, 0.3) is 12.2 Å². The Morgan fingerprint density at radius 1 is 0.787 bits per heavy atom. The molecular weight excluding hydrogens is 628 g/mol. The highest BCUT2D eigenvalue weighted by atomic mass is 35.5. The van der Waals surface area contributed by atoms with Crippen LogP contribution in [0.25, 0.3) is 0 Å². The Morgan fingerprint density at radius 2 is 1.38 bits per heavy atom. The highest BCUT2D eigenvalue weighted by molar-refractivity contribution is 6.30. The lowest BCUT2D eigenvalue weighted by atomic mass is 9.89. The number of alkyl carbamates (subject to hydrolysis) is 1. The molecule has 0 spiro atoms. The normalized spacial score (nSPS) is 13.2. The Hall–Kier alpha value is -3.99. The van der Waals surface area contributed by atoms with Crippen molar-refractivity contribution in [3.05, 3.63) is 64.7 Å². The number of carbonyl (C=O) groups is 4. The molecule has 0 saturated carbocycles. The zero-order valence-electron chi connectivity index (χ0n) is 29.0. The molecule has 2 atom stereocenters. The highest BCUT2D eigenvalue weighted by Gasteiger charge is 2.37. The van der Waals surface area contributed by atoms with Gasteiger partial charge < -0.3 is 34.3 Å². The summed E-state index contributed by atoms with van der Waals surface area (Å²) in [5.74, 6) is -0.928. The number of rotatable bonds is 13. The molecule has 47 heavy (non-hydrogen) atoms. The number of nitrogens with one attached hydrogen (secondary N) is 2. The summed E-state index contributed by atoms with van der Waals surface area (Å²) in [7, 11) is 0. The summed E-state index contributed by atoms with van der Waals surface area (Å²) in [6.45, 7) is 17.7. The van der Waals surface area contributed by atoms with Gasteiger partial charge in [0.05, 0.1) is 6.54 Å². The lowest BCUT2D eigenvalue weighted by Crippen LogP contribution is -2.45. The maximum atomic E-state index is 13.2. The van der Waals surface area contributed by atoms with E-state index in [2.05, 4.69) is 10.6 Å². The van der Waals surface area contributed by atoms with Crippen molar-refractivity contribution in [3.8, 4) is 5.75 Å². The van der Waals surface area contributed by atoms with Crippen molar-refractivity contribution in [1.29, 1.82) is 0 Å². The van der Waals surface area contributed by atoms with Crippen molar-refractivity contribution in [3.63, 3.8) is 0 Å². The molecule has 0 aliphatic heterocycles. The summed E-state index contributed by atoms with van der Waals surface area (Å²) in [5.41, 5.74) is -1.20. The van der Waals surface area contributed by atoms with E-state index < -0.39 is 53.1 Å². The van der Waals surface area contributed by atoms with Crippen molar-refractivity contribution in [2.75, 3.05) is 13.1 Å². The second-order valence-electron chi connectivity index (χ2n) is 14.0. The lowest BCUT2D eigenvalue weighted by Gasteiger charge is -2.32. The van der Waals surface area contributed by atoms with Crippen LogP contribution in [-0.2, 0) is 30.2 Å². The molecule has 260 valence electrons. The molecule has 0 fully saturated rings. The Bertz CT molecular complexity index is 1350. The van der Waals surface area contributed by atoms with Gasteiger partial charge in [0.2, 0.25) is 0 Å². The van der Waals surface area contributed by atoms with Gasteiger partial charge in [-0.1, -0.05) is 58.4 Å². The molecule has 11 nitrogen and oxygen atoms in total. The number of carbonyl (C=O) groups excluding carboxylic acids is 4. The van der Waals surface area contributed by atoms with E-state index in [1.54, 1.807) is 84.9 Å². The van der Waals surface area contributed by atoms with Gasteiger partial charge >= 0.3 is 18.2 Å². The Morgan fingerprint density at radius 3 is 1.91 bits per heavy atom. The predicted molar refractivity (Wildman–Crippen MR) is 178 cm³/mol. The van der Waals surface area contributed by atoms with Crippen LogP contribution in [0.5, 0.6) is 5.75 Å². The average Bonchev–Trinajstić information content (AvgIpc) is 2.94. The van der Waals surface area contributed by atoms with E-state index in [-0.39, 0.29) is 12.5 Å². The first-order valence-corrected chi connectivity index (χ1v) is 15.9. The molecule has 2 aromatic rings. The summed E-state index contributed by atoms with van der Waals surface area (Å²) in [4.78, 5) is 50.4. The maximum absolute atomic E-state index is 13.2. The summed E-state index contributed by atoms with van der Waals surface area (Å²) in [6.07, 6.45) is -3.15. The number of amides is 2. The Labute approximate surface area is 282 Å². The van der Waals surface area contributed by atoms with E-state index in [1.807, 2.05) is 32.9 Å². The number of benzene rings is 2. The average molecular weight is 677 g/mol. The third kappa shape index (κ3) is 14.1. The summed E-state index contributed by atoms with van der Waals surface area (Å²) in [6, 6.07) is 13.8. The maximum Gasteiger partial charge on any atom is 0.511 e. The monoisotopic (exact) mass is 676 g/mol. The lowest BCUT2D eigenvalue weighted by molar-refractivity contribution is -0.195. The first-order chi connectivity index (χ1) is 21.7. The molecular formula is C35H49ClN2O9. The molecule has 0 aliphatic rings. The standard InChI is InChI=1S/C35H49ClN2O9/c1-22(2)29(45-32(42)43-27(33(3,4)5)21-38-31(41)47-34(6,7)8)44-30(40)35(9,10)46-26-17-11-23(12-18-26)19-20-37-28(39)24-13-15-25(36)16-14-24/h11-18,22,27,29H,19-21H2,1-10H3,(H,37,39)(H,38,41). The smallest absolute Gasteiger partial charge is 0.476 e. The molecule has 0 heterocycles.